The number of rotatable bonds is 4. The number of aromatic nitrogens is 2. The lowest BCUT2D eigenvalue weighted by molar-refractivity contribution is -0.142. The van der Waals surface area contributed by atoms with E-state index in [9.17, 15) is 9.59 Å². The standard InChI is InChI=1S/C24H32N4O2/c1-24(2,3)23(30)27-14-8-9-17(16-27)22(29)25-15-20-19-12-7-13-21(19)28(26-20)18-10-5-4-6-11-18/h4-6,10-11,17H,7-9,12-16H2,1-3H3,(H,25,29). The summed E-state index contributed by atoms with van der Waals surface area (Å²) in [7, 11) is 0. The summed E-state index contributed by atoms with van der Waals surface area (Å²) in [6, 6.07) is 10.2. The molecule has 0 saturated carbocycles. The fourth-order valence-electron chi connectivity index (χ4n) is 4.60. The summed E-state index contributed by atoms with van der Waals surface area (Å²) in [5.41, 5.74) is 4.18. The summed E-state index contributed by atoms with van der Waals surface area (Å²) < 4.78 is 2.04. The van der Waals surface area contributed by atoms with E-state index in [2.05, 4.69) is 17.4 Å². The zero-order chi connectivity index (χ0) is 21.3. The second-order valence-corrected chi connectivity index (χ2v) is 9.53. The molecule has 1 aromatic carbocycles. The maximum atomic E-state index is 12.9. The Bertz CT molecular complexity index is 927. The smallest absolute Gasteiger partial charge is 0.227 e. The topological polar surface area (TPSA) is 67.2 Å². The molecule has 0 spiro atoms. The van der Waals surface area contributed by atoms with E-state index in [1.807, 2.05) is 48.6 Å². The number of para-hydroxylation sites is 1. The molecular formula is C24H32N4O2. The number of nitrogens with zero attached hydrogens (tertiary/aromatic N) is 3. The summed E-state index contributed by atoms with van der Waals surface area (Å²) in [6.45, 7) is 7.51. The predicted octanol–water partition coefficient (Wildman–Crippen LogP) is 3.26. The normalized spacial score (nSPS) is 18.9. The third kappa shape index (κ3) is 4.13. The zero-order valence-corrected chi connectivity index (χ0v) is 18.3. The second-order valence-electron chi connectivity index (χ2n) is 9.53. The van der Waals surface area contributed by atoms with Crippen LogP contribution in [0, 0.1) is 11.3 Å². The maximum absolute atomic E-state index is 12.9. The van der Waals surface area contributed by atoms with Gasteiger partial charge in [-0.2, -0.15) is 5.10 Å². The van der Waals surface area contributed by atoms with Crippen molar-refractivity contribution in [3.63, 3.8) is 0 Å². The van der Waals surface area contributed by atoms with Crippen molar-refractivity contribution in [2.24, 2.45) is 11.3 Å². The Kier molecular flexibility index (Phi) is 5.67. The third-order valence-electron chi connectivity index (χ3n) is 6.17. The molecule has 2 aromatic rings. The molecule has 1 aromatic heterocycles. The number of amides is 2. The van der Waals surface area contributed by atoms with Crippen molar-refractivity contribution in [3.8, 4) is 5.69 Å². The quantitative estimate of drug-likeness (QED) is 0.844. The Morgan fingerprint density at radius 2 is 1.90 bits per heavy atom. The Hall–Kier alpha value is -2.63. The first-order valence-electron chi connectivity index (χ1n) is 11.1. The van der Waals surface area contributed by atoms with Crippen LogP contribution in [0.4, 0.5) is 0 Å². The fourth-order valence-corrected chi connectivity index (χ4v) is 4.60. The molecule has 1 aliphatic carbocycles. The summed E-state index contributed by atoms with van der Waals surface area (Å²) in [5, 5.41) is 7.94. The van der Waals surface area contributed by atoms with Crippen molar-refractivity contribution in [1.82, 2.24) is 20.0 Å². The molecule has 1 atom stereocenters. The number of carbonyl (C=O) groups excluding carboxylic acids is 2. The molecule has 160 valence electrons. The first-order chi connectivity index (χ1) is 14.3. The van der Waals surface area contributed by atoms with Crippen molar-refractivity contribution in [1.29, 1.82) is 0 Å². The van der Waals surface area contributed by atoms with Gasteiger partial charge in [0, 0.05) is 24.2 Å². The van der Waals surface area contributed by atoms with Gasteiger partial charge in [-0.3, -0.25) is 9.59 Å². The van der Waals surface area contributed by atoms with Crippen LogP contribution in [0.2, 0.25) is 0 Å². The third-order valence-corrected chi connectivity index (χ3v) is 6.17. The predicted molar refractivity (Wildman–Crippen MR) is 116 cm³/mol. The van der Waals surface area contributed by atoms with Crippen LogP contribution < -0.4 is 5.32 Å². The van der Waals surface area contributed by atoms with Crippen LogP contribution in [0.25, 0.3) is 5.69 Å². The molecule has 4 rings (SSSR count). The van der Waals surface area contributed by atoms with E-state index >= 15 is 0 Å². The van der Waals surface area contributed by atoms with Gasteiger partial charge < -0.3 is 10.2 Å². The van der Waals surface area contributed by atoms with Crippen molar-refractivity contribution >= 4 is 11.8 Å². The van der Waals surface area contributed by atoms with E-state index in [0.29, 0.717) is 13.1 Å². The van der Waals surface area contributed by atoms with Crippen molar-refractivity contribution in [3.05, 3.63) is 47.3 Å². The monoisotopic (exact) mass is 408 g/mol. The van der Waals surface area contributed by atoms with Gasteiger partial charge in [0.05, 0.1) is 23.8 Å². The van der Waals surface area contributed by atoms with Gasteiger partial charge in [-0.15, -0.1) is 0 Å². The molecule has 6 nitrogen and oxygen atoms in total. The van der Waals surface area contributed by atoms with E-state index in [4.69, 9.17) is 5.10 Å². The SMILES string of the molecule is CC(C)(C)C(=O)N1CCCC(C(=O)NCc2nn(-c3ccccc3)c3c2CCC3)C1. The number of hydrogen-bond acceptors (Lipinski definition) is 3. The number of benzene rings is 1. The molecule has 2 aliphatic rings. The lowest BCUT2D eigenvalue weighted by atomic mass is 9.91. The van der Waals surface area contributed by atoms with Gasteiger partial charge in [-0.05, 0) is 49.8 Å². The molecule has 0 bridgehead atoms. The fraction of sp³-hybridized carbons (Fsp3) is 0.542. The highest BCUT2D eigenvalue weighted by molar-refractivity contribution is 5.83. The van der Waals surface area contributed by atoms with Crippen LogP contribution in [0.15, 0.2) is 30.3 Å². The van der Waals surface area contributed by atoms with Crippen LogP contribution in [0.3, 0.4) is 0 Å². The molecule has 1 aliphatic heterocycles. The lowest BCUT2D eigenvalue weighted by Gasteiger charge is -2.35. The largest absolute Gasteiger partial charge is 0.350 e. The number of likely N-dealkylation sites (tertiary alicyclic amines) is 1. The van der Waals surface area contributed by atoms with Gasteiger partial charge in [0.1, 0.15) is 0 Å². The molecule has 1 saturated heterocycles. The first kappa shape index (κ1) is 20.6. The molecule has 1 fully saturated rings. The summed E-state index contributed by atoms with van der Waals surface area (Å²) in [4.78, 5) is 27.4. The highest BCUT2D eigenvalue weighted by atomic mass is 16.2. The minimum atomic E-state index is -0.414. The van der Waals surface area contributed by atoms with Gasteiger partial charge in [0.15, 0.2) is 0 Å². The van der Waals surface area contributed by atoms with Crippen LogP contribution in [-0.4, -0.2) is 39.6 Å². The second kappa shape index (κ2) is 8.25. The summed E-state index contributed by atoms with van der Waals surface area (Å²) in [6.07, 6.45) is 4.88. The van der Waals surface area contributed by atoms with Crippen molar-refractivity contribution in [2.45, 2.75) is 59.4 Å². The van der Waals surface area contributed by atoms with E-state index < -0.39 is 5.41 Å². The molecule has 2 heterocycles. The number of carbonyl (C=O) groups is 2. The molecule has 0 radical (unpaired) electrons. The van der Waals surface area contributed by atoms with Crippen LogP contribution in [0.1, 0.15) is 57.0 Å². The molecule has 30 heavy (non-hydrogen) atoms. The van der Waals surface area contributed by atoms with Gasteiger partial charge in [-0.1, -0.05) is 39.0 Å². The zero-order valence-electron chi connectivity index (χ0n) is 18.3. The van der Waals surface area contributed by atoms with Crippen molar-refractivity contribution in [2.75, 3.05) is 13.1 Å². The average Bonchev–Trinajstić information content (AvgIpc) is 3.34. The number of nitrogens with one attached hydrogen (secondary N) is 1. The number of piperidine rings is 1. The molecule has 2 amide bonds. The van der Waals surface area contributed by atoms with Gasteiger partial charge >= 0.3 is 0 Å². The Morgan fingerprint density at radius 1 is 1.13 bits per heavy atom. The first-order valence-corrected chi connectivity index (χ1v) is 11.1. The maximum Gasteiger partial charge on any atom is 0.227 e. The highest BCUT2D eigenvalue weighted by Gasteiger charge is 2.33. The van der Waals surface area contributed by atoms with Crippen LogP contribution in [0.5, 0.6) is 0 Å². The Balaban J connectivity index is 1.43. The number of fused-ring (bicyclic) bond motifs is 1. The molecular weight excluding hydrogens is 376 g/mol. The van der Waals surface area contributed by atoms with E-state index in [1.165, 1.54) is 11.3 Å². The van der Waals surface area contributed by atoms with Crippen LogP contribution >= 0.6 is 0 Å². The Labute approximate surface area is 178 Å². The molecule has 1 N–H and O–H groups in total. The average molecular weight is 409 g/mol. The summed E-state index contributed by atoms with van der Waals surface area (Å²) in [5.74, 6) is 0.0103. The van der Waals surface area contributed by atoms with E-state index in [1.54, 1.807) is 0 Å². The minimum Gasteiger partial charge on any atom is -0.350 e. The lowest BCUT2D eigenvalue weighted by Crippen LogP contribution is -2.48. The molecule has 1 unspecified atom stereocenters. The van der Waals surface area contributed by atoms with Crippen molar-refractivity contribution < 1.29 is 9.59 Å². The number of hydrogen-bond donors (Lipinski definition) is 1. The van der Waals surface area contributed by atoms with E-state index in [-0.39, 0.29) is 17.7 Å². The minimum absolute atomic E-state index is 0.0300. The Morgan fingerprint density at radius 3 is 2.63 bits per heavy atom. The van der Waals surface area contributed by atoms with Gasteiger partial charge in [-0.25, -0.2) is 4.68 Å². The van der Waals surface area contributed by atoms with Crippen LogP contribution in [-0.2, 0) is 29.0 Å². The van der Waals surface area contributed by atoms with E-state index in [0.717, 1.165) is 50.0 Å². The summed E-state index contributed by atoms with van der Waals surface area (Å²) >= 11 is 0. The van der Waals surface area contributed by atoms with Gasteiger partial charge in [0.25, 0.3) is 0 Å². The van der Waals surface area contributed by atoms with Gasteiger partial charge in [0.2, 0.25) is 11.8 Å². The molecule has 6 heteroatoms. The highest BCUT2D eigenvalue weighted by Crippen LogP contribution is 2.28.